The Balaban J connectivity index is 1.67. The first kappa shape index (κ1) is 16.3. The fourth-order valence-electron chi connectivity index (χ4n) is 3.44. The summed E-state index contributed by atoms with van der Waals surface area (Å²) in [5.41, 5.74) is 3.50. The molecule has 0 bridgehead atoms. The van der Waals surface area contributed by atoms with Gasteiger partial charge in [0.05, 0.1) is 16.9 Å². The van der Waals surface area contributed by atoms with Crippen molar-refractivity contribution < 1.29 is 0 Å². The SMILES string of the molecule is CC1(C)CCCN(c2cnc3c(-c4ccccc4Cl)[nH]nc3n2)CC1. The molecule has 3 aromatic rings. The maximum atomic E-state index is 6.31. The number of rotatable bonds is 2. The number of nitrogens with zero attached hydrogens (tertiary/aromatic N) is 4. The summed E-state index contributed by atoms with van der Waals surface area (Å²) >= 11 is 6.31. The van der Waals surface area contributed by atoms with E-state index in [1.54, 1.807) is 0 Å². The third-order valence-corrected chi connectivity index (χ3v) is 5.39. The lowest BCUT2D eigenvalue weighted by atomic mass is 9.85. The average molecular weight is 356 g/mol. The summed E-state index contributed by atoms with van der Waals surface area (Å²) in [6.07, 6.45) is 5.45. The molecule has 5 nitrogen and oxygen atoms in total. The number of H-pyrrole nitrogens is 1. The van der Waals surface area contributed by atoms with E-state index in [1.165, 1.54) is 12.8 Å². The molecule has 3 heterocycles. The van der Waals surface area contributed by atoms with Crippen LogP contribution in [0.3, 0.4) is 0 Å². The molecule has 0 radical (unpaired) electrons. The Labute approximate surface area is 152 Å². The molecular weight excluding hydrogens is 334 g/mol. The van der Waals surface area contributed by atoms with E-state index in [-0.39, 0.29) is 0 Å². The molecule has 0 saturated carbocycles. The zero-order chi connectivity index (χ0) is 17.4. The quantitative estimate of drug-likeness (QED) is 0.724. The highest BCUT2D eigenvalue weighted by atomic mass is 35.5. The van der Waals surface area contributed by atoms with E-state index in [1.807, 2.05) is 30.5 Å². The molecule has 0 aliphatic carbocycles. The number of aromatic nitrogens is 4. The number of halogens is 1. The standard InChI is InChI=1S/C19H22ClN5/c1-19(2)8-5-10-25(11-9-19)15-12-21-17-16(23-24-18(17)22-15)13-6-3-4-7-14(13)20/h3-4,6-7,12H,5,8-11H2,1-2H3,(H,22,23,24). The van der Waals surface area contributed by atoms with Crippen LogP contribution < -0.4 is 4.90 Å². The summed E-state index contributed by atoms with van der Waals surface area (Å²) in [7, 11) is 0. The number of anilines is 1. The summed E-state index contributed by atoms with van der Waals surface area (Å²) in [4.78, 5) is 11.7. The molecule has 6 heteroatoms. The highest BCUT2D eigenvalue weighted by molar-refractivity contribution is 6.33. The van der Waals surface area contributed by atoms with Gasteiger partial charge in [-0.15, -0.1) is 0 Å². The molecule has 1 fully saturated rings. The third kappa shape index (κ3) is 3.21. The summed E-state index contributed by atoms with van der Waals surface area (Å²) in [5, 5.41) is 8.08. The summed E-state index contributed by atoms with van der Waals surface area (Å²) in [5.74, 6) is 0.905. The topological polar surface area (TPSA) is 57.7 Å². The smallest absolute Gasteiger partial charge is 0.202 e. The van der Waals surface area contributed by atoms with Crippen molar-refractivity contribution in [2.24, 2.45) is 5.41 Å². The van der Waals surface area contributed by atoms with Gasteiger partial charge in [0.1, 0.15) is 11.3 Å². The van der Waals surface area contributed by atoms with Crippen LogP contribution in [0.1, 0.15) is 33.1 Å². The van der Waals surface area contributed by atoms with E-state index < -0.39 is 0 Å². The predicted molar refractivity (Wildman–Crippen MR) is 102 cm³/mol. The minimum Gasteiger partial charge on any atom is -0.355 e. The van der Waals surface area contributed by atoms with Crippen molar-refractivity contribution in [3.05, 3.63) is 35.5 Å². The molecule has 0 amide bonds. The second-order valence-corrected chi connectivity index (χ2v) is 7.89. The van der Waals surface area contributed by atoms with Crippen LogP contribution >= 0.6 is 11.6 Å². The molecule has 1 saturated heterocycles. The van der Waals surface area contributed by atoms with Crippen LogP contribution in [-0.2, 0) is 0 Å². The van der Waals surface area contributed by atoms with Gasteiger partial charge in [-0.2, -0.15) is 5.10 Å². The zero-order valence-electron chi connectivity index (χ0n) is 14.6. The fourth-order valence-corrected chi connectivity index (χ4v) is 3.67. The lowest BCUT2D eigenvalue weighted by Crippen LogP contribution is -2.26. The van der Waals surface area contributed by atoms with Gasteiger partial charge in [0, 0.05) is 18.7 Å². The number of fused-ring (bicyclic) bond motifs is 1. The fraction of sp³-hybridized carbons (Fsp3) is 0.421. The molecule has 1 aliphatic heterocycles. The Hall–Kier alpha value is -2.14. The van der Waals surface area contributed by atoms with Gasteiger partial charge < -0.3 is 4.90 Å². The van der Waals surface area contributed by atoms with E-state index in [4.69, 9.17) is 16.6 Å². The van der Waals surface area contributed by atoms with Gasteiger partial charge in [0.2, 0.25) is 5.65 Å². The van der Waals surface area contributed by atoms with Crippen molar-refractivity contribution in [3.63, 3.8) is 0 Å². The monoisotopic (exact) mass is 355 g/mol. The van der Waals surface area contributed by atoms with Crippen molar-refractivity contribution >= 4 is 28.6 Å². The number of hydrogen-bond donors (Lipinski definition) is 1. The van der Waals surface area contributed by atoms with Crippen LogP contribution in [0.15, 0.2) is 30.5 Å². The lowest BCUT2D eigenvalue weighted by Gasteiger charge is -2.23. The van der Waals surface area contributed by atoms with E-state index in [9.17, 15) is 0 Å². The first-order valence-corrected chi connectivity index (χ1v) is 9.12. The van der Waals surface area contributed by atoms with Crippen LogP contribution in [0, 0.1) is 5.41 Å². The van der Waals surface area contributed by atoms with Crippen LogP contribution in [0.2, 0.25) is 5.02 Å². The highest BCUT2D eigenvalue weighted by Crippen LogP contribution is 2.33. The molecule has 0 unspecified atom stereocenters. The molecule has 0 atom stereocenters. The lowest BCUT2D eigenvalue weighted by molar-refractivity contribution is 0.325. The van der Waals surface area contributed by atoms with Gasteiger partial charge in [0.15, 0.2) is 0 Å². The number of aromatic amines is 1. The zero-order valence-corrected chi connectivity index (χ0v) is 15.3. The average Bonchev–Trinajstić information content (AvgIpc) is 2.92. The van der Waals surface area contributed by atoms with Crippen molar-refractivity contribution in [3.8, 4) is 11.3 Å². The van der Waals surface area contributed by atoms with Gasteiger partial charge in [-0.3, -0.25) is 5.10 Å². The Kier molecular flexibility index (Phi) is 4.12. The van der Waals surface area contributed by atoms with Gasteiger partial charge in [-0.25, -0.2) is 9.97 Å². The first-order chi connectivity index (χ1) is 12.0. The molecule has 0 spiro atoms. The minimum absolute atomic E-state index is 0.399. The second-order valence-electron chi connectivity index (χ2n) is 7.48. The second kappa shape index (κ2) is 6.30. The first-order valence-electron chi connectivity index (χ1n) is 8.74. The van der Waals surface area contributed by atoms with E-state index in [2.05, 4.69) is 33.9 Å². The van der Waals surface area contributed by atoms with Gasteiger partial charge in [-0.1, -0.05) is 43.6 Å². The Morgan fingerprint density at radius 3 is 2.84 bits per heavy atom. The molecule has 130 valence electrons. The molecular formula is C19H22ClN5. The van der Waals surface area contributed by atoms with Crippen LogP contribution in [0.5, 0.6) is 0 Å². The van der Waals surface area contributed by atoms with Crippen molar-refractivity contribution in [1.29, 1.82) is 0 Å². The van der Waals surface area contributed by atoms with Gasteiger partial charge in [0.25, 0.3) is 0 Å². The maximum absolute atomic E-state index is 6.31. The summed E-state index contributed by atoms with van der Waals surface area (Å²) in [6.45, 7) is 6.71. The highest BCUT2D eigenvalue weighted by Gasteiger charge is 2.24. The van der Waals surface area contributed by atoms with E-state index in [0.29, 0.717) is 16.1 Å². The third-order valence-electron chi connectivity index (χ3n) is 5.06. The van der Waals surface area contributed by atoms with Crippen LogP contribution in [0.4, 0.5) is 5.82 Å². The molecule has 1 N–H and O–H groups in total. The summed E-state index contributed by atoms with van der Waals surface area (Å²) < 4.78 is 0. The Morgan fingerprint density at radius 2 is 2.00 bits per heavy atom. The van der Waals surface area contributed by atoms with Crippen LogP contribution in [-0.4, -0.2) is 33.3 Å². The van der Waals surface area contributed by atoms with E-state index >= 15 is 0 Å². The minimum atomic E-state index is 0.399. The van der Waals surface area contributed by atoms with Gasteiger partial charge in [-0.05, 0) is 30.7 Å². The number of hydrogen-bond acceptors (Lipinski definition) is 4. The molecule has 4 rings (SSSR count). The number of benzene rings is 1. The Morgan fingerprint density at radius 1 is 1.16 bits per heavy atom. The largest absolute Gasteiger partial charge is 0.355 e. The van der Waals surface area contributed by atoms with E-state index in [0.717, 1.165) is 42.1 Å². The van der Waals surface area contributed by atoms with Crippen molar-refractivity contribution in [2.75, 3.05) is 18.0 Å². The molecule has 25 heavy (non-hydrogen) atoms. The maximum Gasteiger partial charge on any atom is 0.202 e. The Bertz CT molecular complexity index is 902. The normalized spacial score (nSPS) is 17.6. The predicted octanol–water partition coefficient (Wildman–Crippen LogP) is 4.69. The number of nitrogens with one attached hydrogen (secondary N) is 1. The van der Waals surface area contributed by atoms with Gasteiger partial charge >= 0.3 is 0 Å². The molecule has 1 aliphatic rings. The van der Waals surface area contributed by atoms with Crippen molar-refractivity contribution in [1.82, 2.24) is 20.2 Å². The molecule has 1 aromatic carbocycles. The van der Waals surface area contributed by atoms with Crippen LogP contribution in [0.25, 0.3) is 22.4 Å². The molecule has 2 aromatic heterocycles. The summed E-state index contributed by atoms with van der Waals surface area (Å²) in [6, 6.07) is 7.69. The van der Waals surface area contributed by atoms with Crippen molar-refractivity contribution in [2.45, 2.75) is 33.1 Å².